The van der Waals surface area contributed by atoms with Crippen LogP contribution in [-0.4, -0.2) is 66.4 Å². The van der Waals surface area contributed by atoms with Crippen LogP contribution in [0.25, 0.3) is 0 Å². The van der Waals surface area contributed by atoms with Gasteiger partial charge in [-0.05, 0) is 39.8 Å². The van der Waals surface area contributed by atoms with Crippen LogP contribution in [0.3, 0.4) is 0 Å². The van der Waals surface area contributed by atoms with Gasteiger partial charge in [0.15, 0.2) is 11.6 Å². The molecule has 0 aromatic heterocycles. The van der Waals surface area contributed by atoms with Crippen LogP contribution in [0.15, 0.2) is 18.2 Å². The fraction of sp³-hybridized carbons (Fsp3) is 0.591. The molecule has 2 atom stereocenters. The second kappa shape index (κ2) is 8.93. The number of fused-ring (bicyclic) bond motifs is 1. The van der Waals surface area contributed by atoms with Crippen molar-refractivity contribution in [1.29, 1.82) is 0 Å². The maximum absolute atomic E-state index is 14.5. The van der Waals surface area contributed by atoms with Crippen molar-refractivity contribution in [3.63, 3.8) is 0 Å². The quantitative estimate of drug-likeness (QED) is 0.731. The predicted molar refractivity (Wildman–Crippen MR) is 114 cm³/mol. The highest BCUT2D eigenvalue weighted by Crippen LogP contribution is 2.39. The lowest BCUT2D eigenvalue weighted by Gasteiger charge is -2.41. The van der Waals surface area contributed by atoms with Crippen molar-refractivity contribution < 1.29 is 33.0 Å². The van der Waals surface area contributed by atoms with E-state index >= 15 is 0 Å². The van der Waals surface area contributed by atoms with E-state index in [9.17, 15) is 18.8 Å². The number of hydrogen-bond acceptors (Lipinski definition) is 6. The summed E-state index contributed by atoms with van der Waals surface area (Å²) in [6.45, 7) is 7.28. The third-order valence-electron chi connectivity index (χ3n) is 5.59. The van der Waals surface area contributed by atoms with E-state index in [4.69, 9.17) is 14.2 Å². The summed E-state index contributed by atoms with van der Waals surface area (Å²) in [5, 5.41) is 5.37. The van der Waals surface area contributed by atoms with E-state index in [-0.39, 0.29) is 37.5 Å². The van der Waals surface area contributed by atoms with Crippen molar-refractivity contribution >= 4 is 23.6 Å². The van der Waals surface area contributed by atoms with Gasteiger partial charge < -0.3 is 24.8 Å². The summed E-state index contributed by atoms with van der Waals surface area (Å²) in [5.74, 6) is -1.78. The van der Waals surface area contributed by atoms with Gasteiger partial charge in [0.05, 0.1) is 18.9 Å². The Morgan fingerprint density at radius 2 is 1.97 bits per heavy atom. The summed E-state index contributed by atoms with van der Waals surface area (Å²) < 4.78 is 31.3. The molecule has 1 aromatic rings. The van der Waals surface area contributed by atoms with E-state index in [0.29, 0.717) is 0 Å². The highest BCUT2D eigenvalue weighted by molar-refractivity contribution is 6.00. The predicted octanol–water partition coefficient (Wildman–Crippen LogP) is 2.45. The number of rotatable bonds is 3. The number of amides is 3. The smallest absolute Gasteiger partial charge is 0.410 e. The molecule has 1 aromatic carbocycles. The van der Waals surface area contributed by atoms with Gasteiger partial charge in [-0.25, -0.2) is 9.18 Å². The van der Waals surface area contributed by atoms with Crippen LogP contribution in [0.5, 0.6) is 5.75 Å². The van der Waals surface area contributed by atoms with Crippen LogP contribution in [0.4, 0.5) is 14.9 Å². The van der Waals surface area contributed by atoms with Crippen molar-refractivity contribution in [3.8, 4) is 5.75 Å². The van der Waals surface area contributed by atoms with E-state index < -0.39 is 47.0 Å². The van der Waals surface area contributed by atoms with Crippen molar-refractivity contribution in [3.05, 3.63) is 24.0 Å². The van der Waals surface area contributed by atoms with Crippen molar-refractivity contribution in [2.24, 2.45) is 0 Å². The lowest BCUT2D eigenvalue weighted by atomic mass is 9.85. The first-order chi connectivity index (χ1) is 14.9. The van der Waals surface area contributed by atoms with Crippen molar-refractivity contribution in [1.82, 2.24) is 10.2 Å². The van der Waals surface area contributed by atoms with Gasteiger partial charge in [-0.15, -0.1) is 0 Å². The molecule has 0 bridgehead atoms. The summed E-state index contributed by atoms with van der Waals surface area (Å²) >= 11 is 0. The van der Waals surface area contributed by atoms with Crippen LogP contribution in [0, 0.1) is 5.82 Å². The minimum absolute atomic E-state index is 0.0709. The molecular weight excluding hydrogens is 421 g/mol. The average Bonchev–Trinajstić information content (AvgIpc) is 2.82. The number of hydrogen-bond donors (Lipinski definition) is 2. The lowest BCUT2D eigenvalue weighted by molar-refractivity contribution is -0.138. The third-order valence-corrected chi connectivity index (χ3v) is 5.59. The Morgan fingerprint density at radius 1 is 1.31 bits per heavy atom. The molecule has 2 N–H and O–H groups in total. The number of carbonyl (C=O) groups is 3. The second-order valence-electron chi connectivity index (χ2n) is 9.09. The minimum atomic E-state index is -1.20. The Hall–Kier alpha value is -2.88. The number of anilines is 1. The number of halogens is 1. The number of ether oxygens (including phenoxy) is 3. The van der Waals surface area contributed by atoms with E-state index in [1.54, 1.807) is 20.8 Å². The molecule has 32 heavy (non-hydrogen) atoms. The summed E-state index contributed by atoms with van der Waals surface area (Å²) in [4.78, 5) is 39.7. The number of nitrogens with zero attached hydrogens (tertiary/aromatic N) is 1. The highest BCUT2D eigenvalue weighted by atomic mass is 19.1. The largest absolute Gasteiger partial charge is 0.479 e. The first kappa shape index (κ1) is 23.8. The average molecular weight is 451 g/mol. The van der Waals surface area contributed by atoms with Gasteiger partial charge in [-0.1, -0.05) is 6.07 Å². The Balaban J connectivity index is 1.85. The summed E-state index contributed by atoms with van der Waals surface area (Å²) in [5.41, 5.74) is -1.73. The molecule has 176 valence electrons. The minimum Gasteiger partial charge on any atom is -0.479 e. The molecule has 2 aliphatic rings. The van der Waals surface area contributed by atoms with Crippen LogP contribution in [-0.2, 0) is 19.1 Å². The fourth-order valence-corrected chi connectivity index (χ4v) is 3.65. The molecule has 1 saturated heterocycles. The van der Waals surface area contributed by atoms with Gasteiger partial charge in [0.25, 0.3) is 5.91 Å². The van der Waals surface area contributed by atoms with Gasteiger partial charge in [-0.2, -0.15) is 0 Å². The summed E-state index contributed by atoms with van der Waals surface area (Å²) in [6.07, 6.45) is -0.123. The van der Waals surface area contributed by atoms with Crippen LogP contribution >= 0.6 is 0 Å². The Labute approximate surface area is 186 Å². The molecule has 1 spiro atoms. The molecule has 0 radical (unpaired) electrons. The maximum atomic E-state index is 14.5. The second-order valence-corrected chi connectivity index (χ2v) is 9.09. The Morgan fingerprint density at radius 3 is 2.59 bits per heavy atom. The molecule has 2 heterocycles. The van der Waals surface area contributed by atoms with Crippen LogP contribution in [0.2, 0.25) is 0 Å². The Bertz CT molecular complexity index is 894. The molecule has 10 heteroatoms. The summed E-state index contributed by atoms with van der Waals surface area (Å²) in [6, 6.07) is 2.18. The molecule has 3 amide bonds. The number of benzene rings is 1. The zero-order valence-corrected chi connectivity index (χ0v) is 19.0. The van der Waals surface area contributed by atoms with E-state index in [2.05, 4.69) is 10.6 Å². The Kier molecular flexibility index (Phi) is 6.64. The third kappa shape index (κ3) is 4.95. The number of carbonyl (C=O) groups excluding carboxylic acids is 3. The zero-order valence-electron chi connectivity index (χ0n) is 19.0. The van der Waals surface area contributed by atoms with Crippen molar-refractivity contribution in [2.75, 3.05) is 25.6 Å². The SMILES string of the molecule is C[C@@H](C(=O)N[C@@H]1C(=O)Nc2cccc(F)c2OC12CCOCC2)N(C)C(=O)OC(C)(C)C. The van der Waals surface area contributed by atoms with Crippen LogP contribution in [0.1, 0.15) is 40.5 Å². The van der Waals surface area contributed by atoms with Gasteiger partial charge in [-0.3, -0.25) is 14.5 Å². The lowest BCUT2D eigenvalue weighted by Crippen LogP contribution is -2.64. The first-order valence-corrected chi connectivity index (χ1v) is 10.6. The molecule has 0 saturated carbocycles. The topological polar surface area (TPSA) is 106 Å². The number of nitrogens with one attached hydrogen (secondary N) is 2. The molecule has 2 aliphatic heterocycles. The number of likely N-dealkylation sites (N-methyl/N-ethyl adjacent to an activating group) is 1. The van der Waals surface area contributed by atoms with E-state index in [1.165, 1.54) is 32.2 Å². The molecule has 9 nitrogen and oxygen atoms in total. The van der Waals surface area contributed by atoms with Gasteiger partial charge in [0.2, 0.25) is 5.91 Å². The highest BCUT2D eigenvalue weighted by Gasteiger charge is 2.50. The normalized spacial score (nSPS) is 20.8. The molecule has 1 fully saturated rings. The monoisotopic (exact) mass is 451 g/mol. The molecule has 0 unspecified atom stereocenters. The number of para-hydroxylation sites is 1. The fourth-order valence-electron chi connectivity index (χ4n) is 3.65. The van der Waals surface area contributed by atoms with E-state index in [0.717, 1.165) is 4.90 Å². The zero-order chi connectivity index (χ0) is 23.7. The van der Waals surface area contributed by atoms with Gasteiger partial charge in [0.1, 0.15) is 23.3 Å². The maximum Gasteiger partial charge on any atom is 0.410 e. The molecule has 3 rings (SSSR count). The summed E-state index contributed by atoms with van der Waals surface area (Å²) in [7, 11) is 1.44. The van der Waals surface area contributed by atoms with Crippen molar-refractivity contribution in [2.45, 2.75) is 63.8 Å². The standard InChI is InChI=1S/C22H30FN3O6/c1-13(26(5)20(29)32-21(2,3)4)18(27)25-17-19(28)24-15-8-6-7-14(23)16(15)31-22(17)9-11-30-12-10-22/h6-8,13,17H,9-12H2,1-5H3,(H,24,28)(H,25,27)/t13-,17+/m0/s1. The van der Waals surface area contributed by atoms with Crippen LogP contribution < -0.4 is 15.4 Å². The van der Waals surface area contributed by atoms with Gasteiger partial charge >= 0.3 is 6.09 Å². The van der Waals surface area contributed by atoms with Gasteiger partial charge in [0, 0.05) is 19.9 Å². The van der Waals surface area contributed by atoms with E-state index in [1.807, 2.05) is 0 Å². The first-order valence-electron chi connectivity index (χ1n) is 10.6. The molecule has 0 aliphatic carbocycles. The molecular formula is C22H30FN3O6.